The molecule has 0 atom stereocenters. The number of likely N-dealkylation sites (tertiary alicyclic amines) is 1. The summed E-state index contributed by atoms with van der Waals surface area (Å²) in [7, 11) is 1.60. The molecule has 1 aromatic carbocycles. The van der Waals surface area contributed by atoms with Crippen LogP contribution in [-0.4, -0.2) is 48.3 Å². The molecule has 2 aliphatic rings. The van der Waals surface area contributed by atoms with Gasteiger partial charge in [-0.1, -0.05) is 12.1 Å². The van der Waals surface area contributed by atoms with Gasteiger partial charge in [0.1, 0.15) is 10.7 Å². The van der Waals surface area contributed by atoms with Gasteiger partial charge in [0.05, 0.1) is 19.3 Å². The fourth-order valence-electron chi connectivity index (χ4n) is 2.83. The number of ether oxygens (including phenoxy) is 2. The van der Waals surface area contributed by atoms with E-state index < -0.39 is 0 Å². The standard InChI is InChI=1S/C15H19NO3S/c1-18-13-5-3-2-4-12(13)14(17)16-8-6-15(7-9-16)19-10-11-20-15/h2-5H,6-11H2,1H3. The highest BCUT2D eigenvalue weighted by atomic mass is 32.2. The zero-order valence-electron chi connectivity index (χ0n) is 11.6. The molecular formula is C15H19NO3S. The van der Waals surface area contributed by atoms with E-state index in [1.54, 1.807) is 7.11 Å². The van der Waals surface area contributed by atoms with Gasteiger partial charge in [0, 0.05) is 31.7 Å². The Morgan fingerprint density at radius 1 is 1.35 bits per heavy atom. The van der Waals surface area contributed by atoms with Gasteiger partial charge in [-0.25, -0.2) is 0 Å². The summed E-state index contributed by atoms with van der Waals surface area (Å²) in [6.45, 7) is 2.35. The molecule has 0 saturated carbocycles. The number of rotatable bonds is 2. The predicted molar refractivity (Wildman–Crippen MR) is 79.3 cm³/mol. The van der Waals surface area contributed by atoms with E-state index in [4.69, 9.17) is 9.47 Å². The first-order valence-electron chi connectivity index (χ1n) is 6.94. The lowest BCUT2D eigenvalue weighted by Crippen LogP contribution is -2.45. The van der Waals surface area contributed by atoms with Crippen LogP contribution in [0, 0.1) is 0 Å². The van der Waals surface area contributed by atoms with Gasteiger partial charge < -0.3 is 14.4 Å². The van der Waals surface area contributed by atoms with E-state index in [0.717, 1.165) is 38.3 Å². The minimum absolute atomic E-state index is 0.0302. The van der Waals surface area contributed by atoms with Crippen molar-refractivity contribution in [1.82, 2.24) is 4.90 Å². The number of carbonyl (C=O) groups excluding carboxylic acids is 1. The van der Waals surface area contributed by atoms with E-state index >= 15 is 0 Å². The topological polar surface area (TPSA) is 38.8 Å². The first-order valence-corrected chi connectivity index (χ1v) is 7.93. The van der Waals surface area contributed by atoms with Crippen LogP contribution in [0.4, 0.5) is 0 Å². The Bertz CT molecular complexity index is 490. The summed E-state index contributed by atoms with van der Waals surface area (Å²) < 4.78 is 11.1. The molecule has 108 valence electrons. The molecule has 0 unspecified atom stereocenters. The Morgan fingerprint density at radius 2 is 2.10 bits per heavy atom. The molecule has 5 heteroatoms. The quantitative estimate of drug-likeness (QED) is 0.839. The summed E-state index contributed by atoms with van der Waals surface area (Å²) >= 11 is 1.90. The Labute approximate surface area is 123 Å². The number of hydrogen-bond acceptors (Lipinski definition) is 4. The maximum Gasteiger partial charge on any atom is 0.257 e. The molecular weight excluding hydrogens is 274 g/mol. The lowest BCUT2D eigenvalue weighted by molar-refractivity contribution is 0.00346. The predicted octanol–water partition coefficient (Wildman–Crippen LogP) is 2.39. The molecule has 20 heavy (non-hydrogen) atoms. The van der Waals surface area contributed by atoms with E-state index in [1.807, 2.05) is 40.9 Å². The van der Waals surface area contributed by atoms with E-state index in [1.165, 1.54) is 0 Å². The van der Waals surface area contributed by atoms with Crippen molar-refractivity contribution in [2.45, 2.75) is 17.8 Å². The third-order valence-corrected chi connectivity index (χ3v) is 5.39. The normalized spacial score (nSPS) is 21.1. The number of carbonyl (C=O) groups is 1. The molecule has 0 aliphatic carbocycles. The molecule has 2 saturated heterocycles. The zero-order valence-corrected chi connectivity index (χ0v) is 12.4. The number of nitrogens with zero attached hydrogens (tertiary/aromatic N) is 1. The molecule has 2 aliphatic heterocycles. The van der Waals surface area contributed by atoms with Crippen molar-refractivity contribution in [3.05, 3.63) is 29.8 Å². The van der Waals surface area contributed by atoms with Crippen molar-refractivity contribution in [3.8, 4) is 5.75 Å². The van der Waals surface area contributed by atoms with Crippen molar-refractivity contribution in [2.24, 2.45) is 0 Å². The van der Waals surface area contributed by atoms with E-state index in [2.05, 4.69) is 0 Å². The van der Waals surface area contributed by atoms with Crippen LogP contribution in [-0.2, 0) is 4.74 Å². The van der Waals surface area contributed by atoms with Crippen molar-refractivity contribution < 1.29 is 14.3 Å². The second kappa shape index (κ2) is 5.66. The number of benzene rings is 1. The van der Waals surface area contributed by atoms with Gasteiger partial charge in [-0.3, -0.25) is 4.79 Å². The number of para-hydroxylation sites is 1. The molecule has 0 N–H and O–H groups in total. The van der Waals surface area contributed by atoms with Gasteiger partial charge in [0.25, 0.3) is 5.91 Å². The van der Waals surface area contributed by atoms with Gasteiger partial charge in [-0.05, 0) is 12.1 Å². The van der Waals surface area contributed by atoms with Crippen LogP contribution in [0.25, 0.3) is 0 Å². The highest BCUT2D eigenvalue weighted by Gasteiger charge is 2.40. The third kappa shape index (κ3) is 2.52. The number of hydrogen-bond donors (Lipinski definition) is 0. The summed E-state index contributed by atoms with van der Waals surface area (Å²) in [6, 6.07) is 7.40. The minimum atomic E-state index is -0.0302. The molecule has 4 nitrogen and oxygen atoms in total. The lowest BCUT2D eigenvalue weighted by Gasteiger charge is -2.38. The molecule has 2 fully saturated rings. The molecule has 2 heterocycles. The third-order valence-electron chi connectivity index (χ3n) is 3.96. The van der Waals surface area contributed by atoms with Gasteiger partial charge >= 0.3 is 0 Å². The van der Waals surface area contributed by atoms with Gasteiger partial charge in [-0.2, -0.15) is 0 Å². The first-order chi connectivity index (χ1) is 9.74. The Hall–Kier alpha value is -1.20. The number of amides is 1. The van der Waals surface area contributed by atoms with Crippen molar-refractivity contribution in [2.75, 3.05) is 32.6 Å². The van der Waals surface area contributed by atoms with Crippen molar-refractivity contribution >= 4 is 17.7 Å². The van der Waals surface area contributed by atoms with Crippen LogP contribution in [0.1, 0.15) is 23.2 Å². The highest BCUT2D eigenvalue weighted by Crippen LogP contribution is 2.41. The molecule has 1 spiro atoms. The SMILES string of the molecule is COc1ccccc1C(=O)N1CCC2(CC1)OCCS2. The van der Waals surface area contributed by atoms with E-state index in [0.29, 0.717) is 11.3 Å². The molecule has 3 rings (SSSR count). The molecule has 0 bridgehead atoms. The smallest absolute Gasteiger partial charge is 0.257 e. The second-order valence-corrected chi connectivity index (χ2v) is 6.54. The van der Waals surface area contributed by atoms with Gasteiger partial charge in [0.2, 0.25) is 0 Å². The fourth-order valence-corrected chi connectivity index (χ4v) is 4.00. The summed E-state index contributed by atoms with van der Waals surface area (Å²) in [5, 5.41) is 0. The van der Waals surface area contributed by atoms with Crippen LogP contribution in [0.15, 0.2) is 24.3 Å². The molecule has 1 aromatic rings. The number of piperidine rings is 1. The fraction of sp³-hybridized carbons (Fsp3) is 0.533. The van der Waals surface area contributed by atoms with E-state index in [9.17, 15) is 4.79 Å². The van der Waals surface area contributed by atoms with Crippen LogP contribution in [0.3, 0.4) is 0 Å². The van der Waals surface area contributed by atoms with Crippen LogP contribution in [0.5, 0.6) is 5.75 Å². The largest absolute Gasteiger partial charge is 0.496 e. The number of thioether (sulfide) groups is 1. The summed E-state index contributed by atoms with van der Waals surface area (Å²) in [6.07, 6.45) is 1.83. The Balaban J connectivity index is 1.70. The number of methoxy groups -OCH3 is 1. The molecule has 1 amide bonds. The average Bonchev–Trinajstić information content (AvgIpc) is 2.95. The lowest BCUT2D eigenvalue weighted by atomic mass is 10.1. The first kappa shape index (κ1) is 13.8. The minimum Gasteiger partial charge on any atom is -0.496 e. The second-order valence-electron chi connectivity index (χ2n) is 5.10. The summed E-state index contributed by atoms with van der Waals surface area (Å²) in [5.41, 5.74) is 0.644. The monoisotopic (exact) mass is 293 g/mol. The maximum atomic E-state index is 12.6. The maximum absolute atomic E-state index is 12.6. The van der Waals surface area contributed by atoms with Crippen LogP contribution >= 0.6 is 11.8 Å². The van der Waals surface area contributed by atoms with Gasteiger partial charge in [-0.15, -0.1) is 11.8 Å². The molecule has 0 aromatic heterocycles. The molecule has 0 radical (unpaired) electrons. The van der Waals surface area contributed by atoms with E-state index in [-0.39, 0.29) is 10.8 Å². The van der Waals surface area contributed by atoms with Crippen LogP contribution in [0.2, 0.25) is 0 Å². The van der Waals surface area contributed by atoms with Crippen molar-refractivity contribution in [1.29, 1.82) is 0 Å². The Kier molecular flexibility index (Phi) is 3.89. The average molecular weight is 293 g/mol. The zero-order chi connectivity index (χ0) is 14.0. The Morgan fingerprint density at radius 3 is 2.75 bits per heavy atom. The highest BCUT2D eigenvalue weighted by molar-refractivity contribution is 8.00. The van der Waals surface area contributed by atoms with Gasteiger partial charge in [0.15, 0.2) is 0 Å². The van der Waals surface area contributed by atoms with Crippen LogP contribution < -0.4 is 4.74 Å². The summed E-state index contributed by atoms with van der Waals surface area (Å²) in [4.78, 5) is 14.5. The van der Waals surface area contributed by atoms with Crippen molar-refractivity contribution in [3.63, 3.8) is 0 Å². The summed E-state index contributed by atoms with van der Waals surface area (Å²) in [5.74, 6) is 1.77.